The Morgan fingerprint density at radius 2 is 2.05 bits per heavy atom. The molecule has 3 aromatic rings. The summed E-state index contributed by atoms with van der Waals surface area (Å²) in [6.45, 7) is 4.05. The van der Waals surface area contributed by atoms with Gasteiger partial charge in [0, 0.05) is 10.6 Å². The molecule has 0 saturated carbocycles. The normalized spacial score (nSPS) is 13.0. The minimum atomic E-state index is -0.168. The highest BCUT2D eigenvalue weighted by Crippen LogP contribution is 2.31. The van der Waals surface area contributed by atoms with Gasteiger partial charge in [-0.1, -0.05) is 19.1 Å². The summed E-state index contributed by atoms with van der Waals surface area (Å²) in [5.41, 5.74) is 4.05. The van der Waals surface area contributed by atoms with Crippen LogP contribution in [0, 0.1) is 3.57 Å². The van der Waals surface area contributed by atoms with E-state index in [4.69, 9.17) is 16.6 Å². The van der Waals surface area contributed by atoms with Gasteiger partial charge in [0.15, 0.2) is 5.65 Å². The van der Waals surface area contributed by atoms with E-state index >= 15 is 0 Å². The summed E-state index contributed by atoms with van der Waals surface area (Å²) in [5, 5.41) is 4.40. The van der Waals surface area contributed by atoms with Crippen molar-refractivity contribution in [1.29, 1.82) is 0 Å². The lowest BCUT2D eigenvalue weighted by Crippen LogP contribution is -2.07. The molecule has 2 aromatic heterocycles. The topological polar surface area (TPSA) is 35.6 Å². The zero-order chi connectivity index (χ0) is 15.1. The zero-order valence-corrected chi connectivity index (χ0v) is 15.1. The Balaban J connectivity index is 2.42. The van der Waals surface area contributed by atoms with Crippen LogP contribution in [0.3, 0.4) is 0 Å². The number of para-hydroxylation sites is 1. The number of nitrogens with zero attached hydrogens (tertiary/aromatic N) is 4. The Hall–Kier alpha value is -1.08. The minimum Gasteiger partial charge on any atom is -0.279 e. The van der Waals surface area contributed by atoms with Crippen LogP contribution >= 0.6 is 34.2 Å². The highest BCUT2D eigenvalue weighted by Gasteiger charge is 2.22. The standard InChI is InChI=1S/C15H16ClIN4/c1-4-11-13-15(20(3)19-11)21(14(18-13)9(2)16)12-8-6-5-7-10(12)17/h5-9H,4H2,1-3H3. The second kappa shape index (κ2) is 5.61. The first kappa shape index (κ1) is 14.8. The second-order valence-electron chi connectivity index (χ2n) is 4.97. The van der Waals surface area contributed by atoms with E-state index in [-0.39, 0.29) is 5.38 Å². The van der Waals surface area contributed by atoms with Crippen molar-refractivity contribution < 1.29 is 0 Å². The van der Waals surface area contributed by atoms with E-state index in [1.165, 1.54) is 0 Å². The van der Waals surface area contributed by atoms with Gasteiger partial charge in [0.25, 0.3) is 0 Å². The zero-order valence-electron chi connectivity index (χ0n) is 12.1. The van der Waals surface area contributed by atoms with Gasteiger partial charge in [-0.15, -0.1) is 11.6 Å². The predicted octanol–water partition coefficient (Wildman–Crippen LogP) is 4.23. The first-order valence-electron chi connectivity index (χ1n) is 6.87. The summed E-state index contributed by atoms with van der Waals surface area (Å²) in [5.74, 6) is 0.860. The molecule has 0 saturated heterocycles. The molecule has 1 unspecified atom stereocenters. The molecule has 0 aliphatic rings. The summed E-state index contributed by atoms with van der Waals surface area (Å²) in [7, 11) is 1.96. The van der Waals surface area contributed by atoms with Crippen LogP contribution in [0.25, 0.3) is 16.9 Å². The lowest BCUT2D eigenvalue weighted by molar-refractivity contribution is 0.738. The summed E-state index contributed by atoms with van der Waals surface area (Å²) < 4.78 is 5.18. The van der Waals surface area contributed by atoms with E-state index in [2.05, 4.69) is 51.3 Å². The lowest BCUT2D eigenvalue weighted by Gasteiger charge is -2.12. The summed E-state index contributed by atoms with van der Waals surface area (Å²) >= 11 is 8.71. The van der Waals surface area contributed by atoms with Crippen molar-refractivity contribution in [3.8, 4) is 5.69 Å². The Bertz CT molecular complexity index is 803. The molecule has 1 atom stereocenters. The monoisotopic (exact) mass is 414 g/mol. The quantitative estimate of drug-likeness (QED) is 0.475. The Morgan fingerprint density at radius 3 is 2.67 bits per heavy atom. The largest absolute Gasteiger partial charge is 0.279 e. The van der Waals surface area contributed by atoms with E-state index in [0.717, 1.165) is 38.4 Å². The molecule has 0 amide bonds. The summed E-state index contributed by atoms with van der Waals surface area (Å²) in [4.78, 5) is 4.77. The molecule has 1 aromatic carbocycles. The first-order chi connectivity index (χ1) is 10.0. The number of hydrogen-bond acceptors (Lipinski definition) is 2. The average molecular weight is 415 g/mol. The van der Waals surface area contributed by atoms with E-state index in [9.17, 15) is 0 Å². The van der Waals surface area contributed by atoms with Gasteiger partial charge >= 0.3 is 0 Å². The predicted molar refractivity (Wildman–Crippen MR) is 94.2 cm³/mol. The third kappa shape index (κ3) is 2.36. The van der Waals surface area contributed by atoms with Crippen LogP contribution in [0.5, 0.6) is 0 Å². The molecule has 0 aliphatic carbocycles. The number of aromatic nitrogens is 4. The summed E-state index contributed by atoms with van der Waals surface area (Å²) in [6, 6.07) is 8.23. The molecule has 0 N–H and O–H groups in total. The average Bonchev–Trinajstić information content (AvgIpc) is 2.98. The second-order valence-corrected chi connectivity index (χ2v) is 6.79. The molecule has 2 heterocycles. The van der Waals surface area contributed by atoms with Crippen molar-refractivity contribution >= 4 is 45.4 Å². The van der Waals surface area contributed by atoms with Crippen LogP contribution in [0.15, 0.2) is 24.3 Å². The molecular formula is C15H16ClIN4. The Labute approximate surface area is 142 Å². The molecule has 21 heavy (non-hydrogen) atoms. The number of rotatable bonds is 3. The maximum absolute atomic E-state index is 6.37. The number of alkyl halides is 1. The molecule has 0 radical (unpaired) electrons. The number of hydrogen-bond donors (Lipinski definition) is 0. The molecule has 0 bridgehead atoms. The summed E-state index contributed by atoms with van der Waals surface area (Å²) in [6.07, 6.45) is 0.857. The maximum atomic E-state index is 6.37. The highest BCUT2D eigenvalue weighted by molar-refractivity contribution is 14.1. The van der Waals surface area contributed by atoms with Crippen molar-refractivity contribution in [1.82, 2.24) is 19.3 Å². The fraction of sp³-hybridized carbons (Fsp3) is 0.333. The van der Waals surface area contributed by atoms with Crippen molar-refractivity contribution in [2.45, 2.75) is 25.6 Å². The molecule has 4 nitrogen and oxygen atoms in total. The molecule has 110 valence electrons. The molecule has 0 fully saturated rings. The van der Waals surface area contributed by atoms with Crippen LogP contribution in [0.1, 0.15) is 30.7 Å². The van der Waals surface area contributed by atoms with Crippen molar-refractivity contribution in [3.05, 3.63) is 39.4 Å². The van der Waals surface area contributed by atoms with Gasteiger partial charge in [-0.2, -0.15) is 5.10 Å². The highest BCUT2D eigenvalue weighted by atomic mass is 127. The first-order valence-corrected chi connectivity index (χ1v) is 8.39. The van der Waals surface area contributed by atoms with Crippen molar-refractivity contribution in [3.63, 3.8) is 0 Å². The van der Waals surface area contributed by atoms with Crippen molar-refractivity contribution in [2.75, 3.05) is 0 Å². The van der Waals surface area contributed by atoms with Gasteiger partial charge in [0.05, 0.1) is 16.8 Å². The van der Waals surface area contributed by atoms with E-state index in [0.29, 0.717) is 0 Å². The Kier molecular flexibility index (Phi) is 3.96. The number of aryl methyl sites for hydroxylation is 2. The van der Waals surface area contributed by atoms with Gasteiger partial charge in [-0.3, -0.25) is 4.57 Å². The minimum absolute atomic E-state index is 0.168. The third-order valence-electron chi connectivity index (χ3n) is 3.51. The number of benzene rings is 1. The van der Waals surface area contributed by atoms with Gasteiger partial charge in [-0.25, -0.2) is 9.67 Å². The van der Waals surface area contributed by atoms with Crippen LogP contribution in [0.4, 0.5) is 0 Å². The number of fused-ring (bicyclic) bond motifs is 1. The third-order valence-corrected chi connectivity index (χ3v) is 4.62. The molecule has 6 heteroatoms. The van der Waals surface area contributed by atoms with Gasteiger partial charge in [-0.05, 0) is 48.1 Å². The lowest BCUT2D eigenvalue weighted by atomic mass is 10.3. The van der Waals surface area contributed by atoms with Crippen molar-refractivity contribution in [2.24, 2.45) is 7.05 Å². The van der Waals surface area contributed by atoms with E-state index in [1.54, 1.807) is 0 Å². The fourth-order valence-electron chi connectivity index (χ4n) is 2.57. The SMILES string of the molecule is CCc1nn(C)c2c1nc(C(C)Cl)n2-c1ccccc1I. The van der Waals surface area contributed by atoms with E-state index in [1.807, 2.05) is 30.8 Å². The van der Waals surface area contributed by atoms with Crippen LogP contribution < -0.4 is 0 Å². The van der Waals surface area contributed by atoms with Gasteiger partial charge < -0.3 is 0 Å². The van der Waals surface area contributed by atoms with Crippen LogP contribution in [-0.4, -0.2) is 19.3 Å². The van der Waals surface area contributed by atoms with Gasteiger partial charge in [0.2, 0.25) is 0 Å². The number of imidazole rings is 1. The van der Waals surface area contributed by atoms with Gasteiger partial charge in [0.1, 0.15) is 11.3 Å². The van der Waals surface area contributed by atoms with E-state index < -0.39 is 0 Å². The fourth-order valence-corrected chi connectivity index (χ4v) is 3.35. The molecular weight excluding hydrogens is 399 g/mol. The van der Waals surface area contributed by atoms with Crippen LogP contribution in [-0.2, 0) is 13.5 Å². The smallest absolute Gasteiger partial charge is 0.163 e. The maximum Gasteiger partial charge on any atom is 0.163 e. The molecule has 0 spiro atoms. The molecule has 0 aliphatic heterocycles. The Morgan fingerprint density at radius 1 is 1.33 bits per heavy atom. The van der Waals surface area contributed by atoms with Crippen LogP contribution in [0.2, 0.25) is 0 Å². The molecule has 3 rings (SSSR count). The number of halogens is 2.